The van der Waals surface area contributed by atoms with Crippen molar-refractivity contribution in [2.75, 3.05) is 0 Å². The molecule has 0 saturated carbocycles. The molecule has 0 aliphatic carbocycles. The predicted octanol–water partition coefficient (Wildman–Crippen LogP) is 3.51. The van der Waals surface area contributed by atoms with E-state index in [9.17, 15) is 14.9 Å². The molecule has 32 heavy (non-hydrogen) atoms. The van der Waals surface area contributed by atoms with Gasteiger partial charge in [-0.15, -0.1) is 11.3 Å². The van der Waals surface area contributed by atoms with E-state index in [0.29, 0.717) is 23.0 Å². The Morgan fingerprint density at radius 1 is 1.22 bits per heavy atom. The van der Waals surface area contributed by atoms with Gasteiger partial charge in [0, 0.05) is 37.3 Å². The molecule has 1 aliphatic rings. The summed E-state index contributed by atoms with van der Waals surface area (Å²) in [5, 5.41) is 13.0. The molecule has 0 amide bonds. The maximum atomic E-state index is 13.4. The summed E-state index contributed by atoms with van der Waals surface area (Å²) in [5.41, 5.74) is 3.77. The third kappa shape index (κ3) is 2.67. The first-order valence-corrected chi connectivity index (χ1v) is 11.3. The molecule has 0 saturated heterocycles. The van der Waals surface area contributed by atoms with Gasteiger partial charge in [0.25, 0.3) is 5.56 Å². The van der Waals surface area contributed by atoms with Gasteiger partial charge in [-0.1, -0.05) is 26.0 Å². The van der Waals surface area contributed by atoms with Gasteiger partial charge >= 0.3 is 5.69 Å². The van der Waals surface area contributed by atoms with Crippen LogP contribution in [0.5, 0.6) is 0 Å². The Balaban J connectivity index is 1.99. The van der Waals surface area contributed by atoms with Crippen molar-refractivity contribution in [1.82, 2.24) is 18.7 Å². The maximum Gasteiger partial charge on any atom is 0.331 e. The Kier molecular flexibility index (Phi) is 4.33. The number of aromatic nitrogens is 4. The van der Waals surface area contributed by atoms with Gasteiger partial charge in [-0.25, -0.2) is 9.78 Å². The summed E-state index contributed by atoms with van der Waals surface area (Å²) < 4.78 is 4.90. The normalized spacial score (nSPS) is 16.9. The molecule has 5 rings (SSSR count). The number of aryl methyl sites for hydroxylation is 2. The van der Waals surface area contributed by atoms with E-state index in [1.54, 1.807) is 35.1 Å². The molecule has 1 aliphatic heterocycles. The van der Waals surface area contributed by atoms with Crippen LogP contribution in [0, 0.1) is 23.7 Å². The highest BCUT2D eigenvalue weighted by Crippen LogP contribution is 2.53. The van der Waals surface area contributed by atoms with Gasteiger partial charge in [0.05, 0.1) is 39.8 Å². The van der Waals surface area contributed by atoms with E-state index in [1.165, 1.54) is 7.05 Å². The van der Waals surface area contributed by atoms with E-state index >= 15 is 0 Å². The Bertz CT molecular complexity index is 1570. The van der Waals surface area contributed by atoms with Crippen LogP contribution in [0.2, 0.25) is 0 Å². The molecular formula is C24H23N5O2S. The van der Waals surface area contributed by atoms with Crippen LogP contribution in [0.15, 0.2) is 39.2 Å². The molecule has 0 fully saturated rings. The van der Waals surface area contributed by atoms with Gasteiger partial charge in [-0.05, 0) is 24.5 Å². The summed E-state index contributed by atoms with van der Waals surface area (Å²) in [7, 11) is 3.23. The first kappa shape index (κ1) is 20.5. The van der Waals surface area contributed by atoms with Crippen LogP contribution in [-0.2, 0) is 20.6 Å². The molecule has 0 bridgehead atoms. The van der Waals surface area contributed by atoms with Crippen molar-refractivity contribution in [2.24, 2.45) is 19.5 Å². The van der Waals surface area contributed by atoms with E-state index in [1.807, 2.05) is 24.4 Å². The first-order valence-electron chi connectivity index (χ1n) is 10.4. The van der Waals surface area contributed by atoms with Crippen molar-refractivity contribution in [2.45, 2.75) is 33.2 Å². The number of nitrogens with zero attached hydrogens (tertiary/aromatic N) is 5. The molecule has 4 heterocycles. The van der Waals surface area contributed by atoms with Gasteiger partial charge in [0.15, 0.2) is 0 Å². The molecule has 0 unspecified atom stereocenters. The van der Waals surface area contributed by atoms with Crippen molar-refractivity contribution in [1.29, 1.82) is 5.26 Å². The van der Waals surface area contributed by atoms with Crippen LogP contribution in [0.4, 0.5) is 0 Å². The van der Waals surface area contributed by atoms with Crippen LogP contribution in [0.3, 0.4) is 0 Å². The zero-order valence-corrected chi connectivity index (χ0v) is 19.4. The summed E-state index contributed by atoms with van der Waals surface area (Å²) in [4.78, 5) is 31.1. The fraction of sp³-hybridized carbons (Fsp3) is 0.333. The lowest BCUT2D eigenvalue weighted by molar-refractivity contribution is 0.323. The van der Waals surface area contributed by atoms with Gasteiger partial charge in [-0.3, -0.25) is 13.9 Å². The van der Waals surface area contributed by atoms with Crippen LogP contribution in [-0.4, -0.2) is 18.7 Å². The lowest BCUT2D eigenvalue weighted by Gasteiger charge is -2.25. The van der Waals surface area contributed by atoms with Crippen molar-refractivity contribution >= 4 is 22.2 Å². The third-order valence-corrected chi connectivity index (χ3v) is 7.50. The SMILES string of the molecule is Cc1csc([C@H]2c3c4c(c(-c5cccc(C#N)c5)n3CC2(C)C)c(=O)n(C)c(=O)n4C)n1. The second-order valence-electron chi connectivity index (χ2n) is 9.19. The molecule has 162 valence electrons. The molecule has 1 atom stereocenters. The minimum Gasteiger partial charge on any atom is -0.341 e. The highest BCUT2D eigenvalue weighted by molar-refractivity contribution is 7.09. The number of hydrogen-bond acceptors (Lipinski definition) is 5. The van der Waals surface area contributed by atoms with Crippen molar-refractivity contribution in [3.05, 3.63) is 72.4 Å². The number of rotatable bonds is 2. The van der Waals surface area contributed by atoms with Crippen LogP contribution < -0.4 is 11.2 Å². The number of hydrogen-bond donors (Lipinski definition) is 0. The van der Waals surface area contributed by atoms with Gasteiger partial charge in [0.2, 0.25) is 0 Å². The standard InChI is InChI=1S/C24H23N5O2S/c1-13-11-32-21(26-13)17-20-19-16(22(30)28(5)23(31)27(19)4)18(29(20)12-24(17,2)3)15-8-6-7-14(9-15)10-25/h6-9,11,17H,12H2,1-5H3/t17-/m1/s1. The van der Waals surface area contributed by atoms with Crippen LogP contribution in [0.1, 0.15) is 41.7 Å². The highest BCUT2D eigenvalue weighted by Gasteiger charge is 2.46. The molecule has 4 aromatic rings. The number of thiazole rings is 1. The van der Waals surface area contributed by atoms with E-state index in [2.05, 4.69) is 24.5 Å². The average Bonchev–Trinajstić information content (AvgIpc) is 3.39. The molecule has 7 nitrogen and oxygen atoms in total. The zero-order valence-electron chi connectivity index (χ0n) is 18.6. The number of nitriles is 1. The lowest BCUT2D eigenvalue weighted by Crippen LogP contribution is -2.37. The van der Waals surface area contributed by atoms with Crippen molar-refractivity contribution < 1.29 is 0 Å². The second-order valence-corrected chi connectivity index (χ2v) is 10.1. The quantitative estimate of drug-likeness (QED) is 0.473. The Hall–Kier alpha value is -3.44. The summed E-state index contributed by atoms with van der Waals surface area (Å²) in [6.07, 6.45) is 0. The zero-order chi connectivity index (χ0) is 22.9. The third-order valence-electron chi connectivity index (χ3n) is 6.47. The van der Waals surface area contributed by atoms with E-state index in [0.717, 1.165) is 32.2 Å². The second kappa shape index (κ2) is 6.78. The van der Waals surface area contributed by atoms with Gasteiger partial charge in [0.1, 0.15) is 5.01 Å². The van der Waals surface area contributed by atoms with E-state index in [-0.39, 0.29) is 22.6 Å². The van der Waals surface area contributed by atoms with E-state index in [4.69, 9.17) is 4.98 Å². The van der Waals surface area contributed by atoms with Crippen LogP contribution >= 0.6 is 11.3 Å². The molecule has 0 spiro atoms. The van der Waals surface area contributed by atoms with E-state index < -0.39 is 0 Å². The predicted molar refractivity (Wildman–Crippen MR) is 125 cm³/mol. The highest BCUT2D eigenvalue weighted by atomic mass is 32.1. The number of fused-ring (bicyclic) bond motifs is 3. The maximum absolute atomic E-state index is 13.4. The molecule has 8 heteroatoms. The summed E-state index contributed by atoms with van der Waals surface area (Å²) in [6, 6.07) is 9.49. The molecule has 1 aromatic carbocycles. The fourth-order valence-corrected chi connectivity index (χ4v) is 6.17. The minimum atomic E-state index is -0.355. The Morgan fingerprint density at radius 3 is 2.62 bits per heavy atom. The van der Waals surface area contributed by atoms with Gasteiger partial charge < -0.3 is 4.57 Å². The topological polar surface area (TPSA) is 85.6 Å². The Labute approximate surface area is 188 Å². The smallest absolute Gasteiger partial charge is 0.331 e. The fourth-order valence-electron chi connectivity index (χ4n) is 5.06. The lowest BCUT2D eigenvalue weighted by atomic mass is 9.79. The summed E-state index contributed by atoms with van der Waals surface area (Å²) >= 11 is 1.61. The van der Waals surface area contributed by atoms with Crippen LogP contribution in [0.25, 0.3) is 22.2 Å². The summed E-state index contributed by atoms with van der Waals surface area (Å²) in [5.74, 6) is -0.0608. The first-order chi connectivity index (χ1) is 15.2. The van der Waals surface area contributed by atoms with Crippen molar-refractivity contribution in [3.8, 4) is 17.3 Å². The Morgan fingerprint density at radius 2 is 1.97 bits per heavy atom. The average molecular weight is 446 g/mol. The molecule has 3 aromatic heterocycles. The molecular weight excluding hydrogens is 422 g/mol. The summed E-state index contributed by atoms with van der Waals surface area (Å²) in [6.45, 7) is 7.04. The largest absolute Gasteiger partial charge is 0.341 e. The van der Waals surface area contributed by atoms with Crippen molar-refractivity contribution in [3.63, 3.8) is 0 Å². The van der Waals surface area contributed by atoms with Gasteiger partial charge in [-0.2, -0.15) is 5.26 Å². The minimum absolute atomic E-state index is 0.0608. The molecule has 0 N–H and O–H groups in total. The molecule has 0 radical (unpaired) electrons. The number of benzene rings is 1. The monoisotopic (exact) mass is 445 g/mol.